The summed E-state index contributed by atoms with van der Waals surface area (Å²) in [4.78, 5) is 0. The van der Waals surface area contributed by atoms with Crippen LogP contribution in [-0.4, -0.2) is 50.2 Å². The Morgan fingerprint density at radius 1 is 1.04 bits per heavy atom. The van der Waals surface area contributed by atoms with Gasteiger partial charge in [-0.1, -0.05) is 45.0 Å². The molecule has 2 saturated heterocycles. The van der Waals surface area contributed by atoms with E-state index in [2.05, 4.69) is 52.1 Å². The van der Waals surface area contributed by atoms with Crippen molar-refractivity contribution < 1.29 is 14.0 Å². The van der Waals surface area contributed by atoms with Crippen molar-refractivity contribution >= 4 is 0 Å². The molecule has 1 aromatic rings. The average Bonchev–Trinajstić information content (AvgIpc) is 3.00. The van der Waals surface area contributed by atoms with Crippen LogP contribution in [0.2, 0.25) is 0 Å². The van der Waals surface area contributed by atoms with Crippen LogP contribution in [0, 0.1) is 0 Å². The predicted octanol–water partition coefficient (Wildman–Crippen LogP) is 4.29. The Kier molecular flexibility index (Phi) is 5.87. The third-order valence-corrected chi connectivity index (χ3v) is 5.84. The minimum atomic E-state index is -0.0244. The standard InChI is InChI=1S/C22H36NO2/c1-22(2,3)19-11-8-18(9-12-19)10-13-21-24-17-20(25-21)16-23(4)14-6-5-7-15-23/h8-9,11-12,20-21H,5-7,10,13-17H2,1-4H3/q+1. The second-order valence-corrected chi connectivity index (χ2v) is 9.32. The molecule has 3 heteroatoms. The topological polar surface area (TPSA) is 18.5 Å². The molecule has 1 aromatic carbocycles. The molecule has 0 spiro atoms. The van der Waals surface area contributed by atoms with Gasteiger partial charge in [-0.3, -0.25) is 0 Å². The summed E-state index contributed by atoms with van der Waals surface area (Å²) in [6.07, 6.45) is 6.34. The molecule has 0 amide bonds. The number of ether oxygens (including phenoxy) is 2. The van der Waals surface area contributed by atoms with Gasteiger partial charge in [0.1, 0.15) is 12.6 Å². The van der Waals surface area contributed by atoms with E-state index in [1.54, 1.807) is 0 Å². The molecule has 0 bridgehead atoms. The molecule has 2 aliphatic heterocycles. The van der Waals surface area contributed by atoms with E-state index < -0.39 is 0 Å². The lowest BCUT2D eigenvalue weighted by atomic mass is 9.86. The number of hydrogen-bond acceptors (Lipinski definition) is 2. The summed E-state index contributed by atoms with van der Waals surface area (Å²) in [5.74, 6) is 0. The Morgan fingerprint density at radius 3 is 2.36 bits per heavy atom. The Balaban J connectivity index is 1.44. The van der Waals surface area contributed by atoms with Crippen molar-refractivity contribution in [1.82, 2.24) is 0 Å². The van der Waals surface area contributed by atoms with Gasteiger partial charge in [0.15, 0.2) is 6.29 Å². The second kappa shape index (κ2) is 7.77. The second-order valence-electron chi connectivity index (χ2n) is 9.32. The first kappa shape index (κ1) is 18.9. The number of aryl methyl sites for hydroxylation is 1. The van der Waals surface area contributed by atoms with Gasteiger partial charge < -0.3 is 14.0 Å². The maximum atomic E-state index is 6.19. The first-order chi connectivity index (χ1) is 11.8. The van der Waals surface area contributed by atoms with Crippen LogP contribution < -0.4 is 0 Å². The van der Waals surface area contributed by atoms with Crippen LogP contribution in [0.1, 0.15) is 57.6 Å². The van der Waals surface area contributed by atoms with Gasteiger partial charge in [0.05, 0.1) is 26.7 Å². The molecule has 25 heavy (non-hydrogen) atoms. The summed E-state index contributed by atoms with van der Waals surface area (Å²) in [5, 5.41) is 0. The fourth-order valence-corrected chi connectivity index (χ4v) is 4.16. The van der Waals surface area contributed by atoms with Gasteiger partial charge in [0.25, 0.3) is 0 Å². The molecule has 0 aliphatic carbocycles. The van der Waals surface area contributed by atoms with Gasteiger partial charge >= 0.3 is 0 Å². The van der Waals surface area contributed by atoms with Crippen LogP contribution in [0.3, 0.4) is 0 Å². The van der Waals surface area contributed by atoms with E-state index in [1.165, 1.54) is 43.5 Å². The Morgan fingerprint density at radius 2 is 1.72 bits per heavy atom. The van der Waals surface area contributed by atoms with Gasteiger partial charge in [0.2, 0.25) is 0 Å². The van der Waals surface area contributed by atoms with E-state index >= 15 is 0 Å². The summed E-state index contributed by atoms with van der Waals surface area (Å²) >= 11 is 0. The van der Waals surface area contributed by atoms with Gasteiger partial charge in [-0.15, -0.1) is 0 Å². The smallest absolute Gasteiger partial charge is 0.158 e. The third-order valence-electron chi connectivity index (χ3n) is 5.84. The van der Waals surface area contributed by atoms with Crippen LogP contribution in [0.15, 0.2) is 24.3 Å². The lowest BCUT2D eigenvalue weighted by Crippen LogP contribution is -2.52. The number of quaternary nitrogens is 1. The summed E-state index contributed by atoms with van der Waals surface area (Å²) in [6.45, 7) is 11.2. The molecule has 0 aromatic heterocycles. The molecule has 140 valence electrons. The fourth-order valence-electron chi connectivity index (χ4n) is 4.16. The van der Waals surface area contributed by atoms with Gasteiger partial charge in [-0.05, 0) is 42.2 Å². The first-order valence-electron chi connectivity index (χ1n) is 10.0. The van der Waals surface area contributed by atoms with Crippen LogP contribution in [-0.2, 0) is 21.3 Å². The molecule has 3 rings (SSSR count). The molecule has 2 unspecified atom stereocenters. The first-order valence-corrected chi connectivity index (χ1v) is 10.0. The van der Waals surface area contributed by atoms with E-state index in [9.17, 15) is 0 Å². The molecule has 2 atom stereocenters. The van der Waals surface area contributed by atoms with Crippen LogP contribution in [0.25, 0.3) is 0 Å². The monoisotopic (exact) mass is 346 g/mol. The SMILES string of the molecule is CC(C)(C)c1ccc(CCC2OCC(C[N+]3(C)CCCCC3)O2)cc1. The highest BCUT2D eigenvalue weighted by Gasteiger charge is 2.34. The van der Waals surface area contributed by atoms with E-state index in [0.717, 1.165) is 30.5 Å². The zero-order valence-electron chi connectivity index (χ0n) is 16.6. The maximum absolute atomic E-state index is 6.19. The van der Waals surface area contributed by atoms with E-state index in [-0.39, 0.29) is 17.8 Å². The lowest BCUT2D eigenvalue weighted by Gasteiger charge is -2.39. The molecular weight excluding hydrogens is 310 g/mol. The minimum Gasteiger partial charge on any atom is -0.350 e. The number of likely N-dealkylation sites (tertiary alicyclic amines) is 1. The van der Waals surface area contributed by atoms with Crippen molar-refractivity contribution in [2.75, 3.05) is 33.3 Å². The van der Waals surface area contributed by atoms with Crippen molar-refractivity contribution in [3.05, 3.63) is 35.4 Å². The number of nitrogens with zero attached hydrogens (tertiary/aromatic N) is 1. The van der Waals surface area contributed by atoms with E-state index in [1.807, 2.05) is 0 Å². The number of likely N-dealkylation sites (N-methyl/N-ethyl adjacent to an activating group) is 1. The lowest BCUT2D eigenvalue weighted by molar-refractivity contribution is -0.916. The number of piperidine rings is 1. The molecule has 2 heterocycles. The normalized spacial score (nSPS) is 26.7. The maximum Gasteiger partial charge on any atom is 0.158 e. The highest BCUT2D eigenvalue weighted by molar-refractivity contribution is 5.27. The van der Waals surface area contributed by atoms with E-state index in [0.29, 0.717) is 0 Å². The number of hydrogen-bond donors (Lipinski definition) is 0. The molecule has 2 fully saturated rings. The average molecular weight is 347 g/mol. The van der Waals surface area contributed by atoms with Gasteiger partial charge in [-0.25, -0.2) is 0 Å². The van der Waals surface area contributed by atoms with Crippen LogP contribution in [0.4, 0.5) is 0 Å². The third kappa shape index (κ3) is 5.29. The van der Waals surface area contributed by atoms with Crippen molar-refractivity contribution in [3.63, 3.8) is 0 Å². The Hall–Kier alpha value is -0.900. The Bertz CT molecular complexity index is 540. The highest BCUT2D eigenvalue weighted by atomic mass is 16.7. The summed E-state index contributed by atoms with van der Waals surface area (Å²) in [7, 11) is 2.38. The van der Waals surface area contributed by atoms with E-state index in [4.69, 9.17) is 9.47 Å². The van der Waals surface area contributed by atoms with Gasteiger partial charge in [-0.2, -0.15) is 0 Å². The summed E-state index contributed by atoms with van der Waals surface area (Å²) in [5.41, 5.74) is 2.98. The number of benzene rings is 1. The largest absolute Gasteiger partial charge is 0.350 e. The molecule has 0 N–H and O–H groups in total. The molecular formula is C22H36NO2+. The molecule has 0 radical (unpaired) electrons. The number of rotatable bonds is 5. The van der Waals surface area contributed by atoms with Crippen LogP contribution in [0.5, 0.6) is 0 Å². The highest BCUT2D eigenvalue weighted by Crippen LogP contribution is 2.25. The molecule has 0 saturated carbocycles. The van der Waals surface area contributed by atoms with Crippen LogP contribution >= 0.6 is 0 Å². The fraction of sp³-hybridized carbons (Fsp3) is 0.727. The minimum absolute atomic E-state index is 0.0244. The van der Waals surface area contributed by atoms with Gasteiger partial charge in [0, 0.05) is 6.42 Å². The molecule has 3 nitrogen and oxygen atoms in total. The van der Waals surface area contributed by atoms with Crippen molar-refractivity contribution in [2.24, 2.45) is 0 Å². The van der Waals surface area contributed by atoms with Crippen molar-refractivity contribution in [2.45, 2.75) is 70.7 Å². The summed E-state index contributed by atoms with van der Waals surface area (Å²) in [6, 6.07) is 9.03. The zero-order chi connectivity index (χ0) is 17.9. The summed E-state index contributed by atoms with van der Waals surface area (Å²) < 4.78 is 13.3. The van der Waals surface area contributed by atoms with Crippen molar-refractivity contribution in [3.8, 4) is 0 Å². The Labute approximate surface area is 153 Å². The van der Waals surface area contributed by atoms with Crippen molar-refractivity contribution in [1.29, 1.82) is 0 Å². The quantitative estimate of drug-likeness (QED) is 0.741. The predicted molar refractivity (Wildman–Crippen MR) is 103 cm³/mol. The molecule has 2 aliphatic rings. The zero-order valence-corrected chi connectivity index (χ0v) is 16.6.